The molecule has 0 fully saturated rings. The molecule has 1 aromatic carbocycles. The molecule has 0 saturated carbocycles. The van der Waals surface area contributed by atoms with Crippen LogP contribution in [0.25, 0.3) is 0 Å². The number of methoxy groups -OCH3 is 1. The van der Waals surface area contributed by atoms with Crippen molar-refractivity contribution in [2.24, 2.45) is 11.1 Å². The quantitative estimate of drug-likeness (QED) is 0.876. The Balaban J connectivity index is 2.72. The summed E-state index contributed by atoms with van der Waals surface area (Å²) in [5, 5.41) is 0. The highest BCUT2D eigenvalue weighted by atomic mass is 19.1. The van der Waals surface area contributed by atoms with E-state index in [0.29, 0.717) is 0 Å². The lowest BCUT2D eigenvalue weighted by molar-refractivity contribution is 0.304. The summed E-state index contributed by atoms with van der Waals surface area (Å²) >= 11 is 0. The van der Waals surface area contributed by atoms with Gasteiger partial charge in [-0.1, -0.05) is 20.8 Å². The van der Waals surface area contributed by atoms with E-state index in [2.05, 4.69) is 20.8 Å². The average molecular weight is 239 g/mol. The zero-order valence-electron chi connectivity index (χ0n) is 11.1. The van der Waals surface area contributed by atoms with E-state index in [9.17, 15) is 4.39 Å². The molecule has 0 amide bonds. The molecule has 0 spiro atoms. The number of benzene rings is 1. The third-order valence-electron chi connectivity index (χ3n) is 3.08. The number of halogens is 1. The van der Waals surface area contributed by atoms with Crippen LogP contribution in [0.1, 0.15) is 32.8 Å². The average Bonchev–Trinajstić information content (AvgIpc) is 2.24. The standard InChI is InChI=1S/C14H22FNO/c1-14(2,3)13(16)8-5-10-9-11(15)6-7-12(10)17-4/h6-7,9,13H,5,8,16H2,1-4H3. The van der Waals surface area contributed by atoms with Gasteiger partial charge in [-0.3, -0.25) is 0 Å². The van der Waals surface area contributed by atoms with Crippen LogP contribution in [-0.2, 0) is 6.42 Å². The van der Waals surface area contributed by atoms with E-state index in [0.717, 1.165) is 24.2 Å². The van der Waals surface area contributed by atoms with Crippen molar-refractivity contribution in [2.75, 3.05) is 7.11 Å². The van der Waals surface area contributed by atoms with Crippen LogP contribution in [0.3, 0.4) is 0 Å². The van der Waals surface area contributed by atoms with E-state index in [1.165, 1.54) is 12.1 Å². The van der Waals surface area contributed by atoms with E-state index >= 15 is 0 Å². The summed E-state index contributed by atoms with van der Waals surface area (Å²) in [4.78, 5) is 0. The summed E-state index contributed by atoms with van der Waals surface area (Å²) in [7, 11) is 1.60. The van der Waals surface area contributed by atoms with Crippen LogP contribution in [0, 0.1) is 11.2 Å². The highest BCUT2D eigenvalue weighted by Gasteiger charge is 2.20. The van der Waals surface area contributed by atoms with E-state index < -0.39 is 0 Å². The van der Waals surface area contributed by atoms with Gasteiger partial charge in [0.25, 0.3) is 0 Å². The highest BCUT2D eigenvalue weighted by molar-refractivity contribution is 5.34. The molecule has 0 radical (unpaired) electrons. The molecule has 0 aromatic heterocycles. The summed E-state index contributed by atoms with van der Waals surface area (Å²) in [6.45, 7) is 6.33. The predicted molar refractivity (Wildman–Crippen MR) is 68.7 cm³/mol. The second-order valence-electron chi connectivity index (χ2n) is 5.47. The summed E-state index contributed by atoms with van der Waals surface area (Å²) in [5.74, 6) is 0.498. The Labute approximate surface area is 103 Å². The molecule has 2 nitrogen and oxygen atoms in total. The van der Waals surface area contributed by atoms with Crippen LogP contribution in [0.15, 0.2) is 18.2 Å². The topological polar surface area (TPSA) is 35.2 Å². The van der Waals surface area contributed by atoms with E-state index in [1.54, 1.807) is 13.2 Å². The van der Waals surface area contributed by atoms with Gasteiger partial charge in [0, 0.05) is 6.04 Å². The maximum atomic E-state index is 13.2. The van der Waals surface area contributed by atoms with Crippen molar-refractivity contribution in [2.45, 2.75) is 39.7 Å². The molecule has 1 atom stereocenters. The van der Waals surface area contributed by atoms with Crippen molar-refractivity contribution < 1.29 is 9.13 Å². The maximum absolute atomic E-state index is 13.2. The normalized spacial score (nSPS) is 13.5. The second kappa shape index (κ2) is 5.50. The van der Waals surface area contributed by atoms with Crippen LogP contribution in [0.4, 0.5) is 4.39 Å². The molecule has 0 aliphatic rings. The maximum Gasteiger partial charge on any atom is 0.123 e. The van der Waals surface area contributed by atoms with Crippen LogP contribution < -0.4 is 10.5 Å². The number of aryl methyl sites for hydroxylation is 1. The molecule has 0 aliphatic heterocycles. The Kier molecular flexibility index (Phi) is 4.52. The fourth-order valence-electron chi connectivity index (χ4n) is 1.69. The first kappa shape index (κ1) is 14.0. The zero-order chi connectivity index (χ0) is 13.1. The molecule has 0 bridgehead atoms. The Bertz CT molecular complexity index is 371. The van der Waals surface area contributed by atoms with Gasteiger partial charge in [0.1, 0.15) is 11.6 Å². The highest BCUT2D eigenvalue weighted by Crippen LogP contribution is 2.25. The number of hydrogen-bond acceptors (Lipinski definition) is 2. The summed E-state index contributed by atoms with van der Waals surface area (Å²) < 4.78 is 18.4. The molecule has 0 aliphatic carbocycles. The van der Waals surface area contributed by atoms with Gasteiger partial charge in [0.15, 0.2) is 0 Å². The monoisotopic (exact) mass is 239 g/mol. The van der Waals surface area contributed by atoms with E-state index in [1.807, 2.05) is 0 Å². The van der Waals surface area contributed by atoms with Gasteiger partial charge in [-0.2, -0.15) is 0 Å². The first-order valence-corrected chi connectivity index (χ1v) is 5.92. The lowest BCUT2D eigenvalue weighted by Crippen LogP contribution is -2.35. The largest absolute Gasteiger partial charge is 0.496 e. The molecule has 1 aromatic rings. The molecule has 2 N–H and O–H groups in total. The Morgan fingerprint density at radius 3 is 2.53 bits per heavy atom. The predicted octanol–water partition coefficient (Wildman–Crippen LogP) is 3.14. The Morgan fingerprint density at radius 1 is 1.35 bits per heavy atom. The smallest absolute Gasteiger partial charge is 0.123 e. The first-order valence-electron chi connectivity index (χ1n) is 5.92. The van der Waals surface area contributed by atoms with Crippen molar-refractivity contribution in [1.82, 2.24) is 0 Å². The van der Waals surface area contributed by atoms with Gasteiger partial charge in [-0.05, 0) is 42.0 Å². The number of ether oxygens (including phenoxy) is 1. The number of rotatable bonds is 4. The summed E-state index contributed by atoms with van der Waals surface area (Å²) in [6, 6.07) is 4.68. The zero-order valence-corrected chi connectivity index (χ0v) is 11.1. The molecular weight excluding hydrogens is 217 g/mol. The van der Waals surface area contributed by atoms with Crippen molar-refractivity contribution in [3.8, 4) is 5.75 Å². The van der Waals surface area contributed by atoms with Gasteiger partial charge in [0.05, 0.1) is 7.11 Å². The van der Waals surface area contributed by atoms with Crippen LogP contribution in [0.2, 0.25) is 0 Å². The molecular formula is C14H22FNO. The van der Waals surface area contributed by atoms with Crippen molar-refractivity contribution >= 4 is 0 Å². The summed E-state index contributed by atoms with van der Waals surface area (Å²) in [5.41, 5.74) is 7.05. The van der Waals surface area contributed by atoms with Gasteiger partial charge in [-0.15, -0.1) is 0 Å². The van der Waals surface area contributed by atoms with Gasteiger partial charge >= 0.3 is 0 Å². The minimum Gasteiger partial charge on any atom is -0.496 e. The fourth-order valence-corrected chi connectivity index (χ4v) is 1.69. The molecule has 96 valence electrons. The second-order valence-corrected chi connectivity index (χ2v) is 5.47. The molecule has 1 rings (SSSR count). The number of hydrogen-bond donors (Lipinski definition) is 1. The Morgan fingerprint density at radius 2 is 2.00 bits per heavy atom. The number of nitrogens with two attached hydrogens (primary N) is 1. The minimum absolute atomic E-state index is 0.0700. The van der Waals surface area contributed by atoms with Crippen molar-refractivity contribution in [3.63, 3.8) is 0 Å². The van der Waals surface area contributed by atoms with Gasteiger partial charge in [-0.25, -0.2) is 4.39 Å². The molecule has 17 heavy (non-hydrogen) atoms. The third-order valence-corrected chi connectivity index (χ3v) is 3.08. The fraction of sp³-hybridized carbons (Fsp3) is 0.571. The van der Waals surface area contributed by atoms with Crippen LogP contribution in [0.5, 0.6) is 5.75 Å². The lowest BCUT2D eigenvalue weighted by atomic mass is 9.84. The van der Waals surface area contributed by atoms with Crippen molar-refractivity contribution in [3.05, 3.63) is 29.6 Å². The molecule has 1 unspecified atom stereocenters. The SMILES string of the molecule is COc1ccc(F)cc1CCC(N)C(C)(C)C. The third kappa shape index (κ3) is 4.00. The van der Waals surface area contributed by atoms with Gasteiger partial charge < -0.3 is 10.5 Å². The van der Waals surface area contributed by atoms with E-state index in [4.69, 9.17) is 10.5 Å². The van der Waals surface area contributed by atoms with E-state index in [-0.39, 0.29) is 17.3 Å². The van der Waals surface area contributed by atoms with Gasteiger partial charge in [0.2, 0.25) is 0 Å². The minimum atomic E-state index is -0.231. The first-order chi connectivity index (χ1) is 7.84. The molecule has 0 heterocycles. The Hall–Kier alpha value is -1.09. The van der Waals surface area contributed by atoms with Crippen LogP contribution >= 0.6 is 0 Å². The lowest BCUT2D eigenvalue weighted by Gasteiger charge is -2.27. The summed E-state index contributed by atoms with van der Waals surface area (Å²) in [6.07, 6.45) is 1.56. The van der Waals surface area contributed by atoms with Crippen LogP contribution in [-0.4, -0.2) is 13.2 Å². The molecule has 0 saturated heterocycles. The molecule has 3 heteroatoms. The van der Waals surface area contributed by atoms with Crippen molar-refractivity contribution in [1.29, 1.82) is 0 Å².